The molecule has 1 amide bonds. The number of ether oxygens (including phenoxy) is 2. The smallest absolute Gasteiger partial charge is 0.486 e. The molecule has 0 bridgehead atoms. The molecule has 1 aromatic heterocycles. The summed E-state index contributed by atoms with van der Waals surface area (Å²) in [4.78, 5) is 15.3. The number of aromatic nitrogens is 2. The Kier molecular flexibility index (Phi) is 7.09. The number of anilines is 2. The van der Waals surface area contributed by atoms with E-state index < -0.39 is 12.1 Å². The molecular formula is C23H28F3N7O3. The Hall–Kier alpha value is -3.77. The number of alkyl halides is 3. The van der Waals surface area contributed by atoms with Gasteiger partial charge in [-0.3, -0.25) is 15.6 Å². The number of amides is 1. The zero-order valence-corrected chi connectivity index (χ0v) is 20.0. The van der Waals surface area contributed by atoms with Gasteiger partial charge in [0.2, 0.25) is 5.91 Å². The molecule has 36 heavy (non-hydrogen) atoms. The Morgan fingerprint density at radius 3 is 2.67 bits per heavy atom. The van der Waals surface area contributed by atoms with Gasteiger partial charge < -0.3 is 24.6 Å². The zero-order chi connectivity index (χ0) is 26.0. The molecule has 2 aliphatic rings. The molecule has 3 N–H and O–H groups in total. The van der Waals surface area contributed by atoms with E-state index in [9.17, 15) is 18.0 Å². The van der Waals surface area contributed by atoms with E-state index in [1.54, 1.807) is 6.92 Å². The minimum absolute atomic E-state index is 0.0613. The summed E-state index contributed by atoms with van der Waals surface area (Å²) in [6, 6.07) is 5.00. The van der Waals surface area contributed by atoms with Crippen LogP contribution in [0.2, 0.25) is 0 Å². The second kappa shape index (κ2) is 10.1. The fourth-order valence-electron chi connectivity index (χ4n) is 4.34. The van der Waals surface area contributed by atoms with Crippen molar-refractivity contribution in [2.24, 2.45) is 5.92 Å². The van der Waals surface area contributed by atoms with Gasteiger partial charge in [0.1, 0.15) is 18.0 Å². The van der Waals surface area contributed by atoms with E-state index in [2.05, 4.69) is 15.2 Å². The lowest BCUT2D eigenvalue weighted by atomic mass is 9.97. The molecule has 1 aromatic carbocycles. The number of piperidine rings is 1. The molecular weight excluding hydrogens is 479 g/mol. The van der Waals surface area contributed by atoms with Gasteiger partial charge in [0.25, 0.3) is 0 Å². The van der Waals surface area contributed by atoms with Gasteiger partial charge in [-0.15, -0.1) is 18.3 Å². The maximum Gasteiger partial charge on any atom is 0.573 e. The van der Waals surface area contributed by atoms with Crippen LogP contribution < -0.4 is 25.2 Å². The van der Waals surface area contributed by atoms with Gasteiger partial charge in [-0.05, 0) is 30.9 Å². The van der Waals surface area contributed by atoms with Crippen LogP contribution in [0.3, 0.4) is 0 Å². The van der Waals surface area contributed by atoms with Crippen molar-refractivity contribution in [3.8, 4) is 11.5 Å². The highest BCUT2D eigenvalue weighted by atomic mass is 19.4. The highest BCUT2D eigenvalue weighted by molar-refractivity contribution is 5.98. The summed E-state index contributed by atoms with van der Waals surface area (Å²) >= 11 is 0. The van der Waals surface area contributed by atoms with E-state index in [1.807, 2.05) is 16.8 Å². The summed E-state index contributed by atoms with van der Waals surface area (Å²) in [5, 5.41) is 25.0. The Bertz CT molecular complexity index is 1210. The van der Waals surface area contributed by atoms with Crippen LogP contribution in [0.1, 0.15) is 25.3 Å². The molecule has 13 heteroatoms. The lowest BCUT2D eigenvalue weighted by Crippen LogP contribution is -2.40. The average Bonchev–Trinajstić information content (AvgIpc) is 2.83. The summed E-state index contributed by atoms with van der Waals surface area (Å²) in [6.07, 6.45) is -3.20. The summed E-state index contributed by atoms with van der Waals surface area (Å²) in [5.74, 6) is 0.231. The van der Waals surface area contributed by atoms with E-state index in [4.69, 9.17) is 15.6 Å². The maximum atomic E-state index is 12.7. The molecule has 0 radical (unpaired) electrons. The molecule has 0 spiro atoms. The van der Waals surface area contributed by atoms with Crippen molar-refractivity contribution in [2.45, 2.75) is 26.1 Å². The number of nitrogens with zero attached hydrogens (tertiary/aromatic N) is 4. The third kappa shape index (κ3) is 5.55. The number of rotatable bonds is 5. The molecule has 4 rings (SSSR count). The second-order valence-corrected chi connectivity index (χ2v) is 8.81. The van der Waals surface area contributed by atoms with Gasteiger partial charge in [0, 0.05) is 39.2 Å². The predicted molar refractivity (Wildman–Crippen MR) is 126 cm³/mol. The maximum absolute atomic E-state index is 12.7. The second-order valence-electron chi connectivity index (χ2n) is 8.81. The first-order valence-corrected chi connectivity index (χ1v) is 11.5. The van der Waals surface area contributed by atoms with Crippen LogP contribution in [-0.4, -0.2) is 72.6 Å². The largest absolute Gasteiger partial charge is 0.573 e. The van der Waals surface area contributed by atoms with Crippen molar-refractivity contribution in [3.05, 3.63) is 35.3 Å². The molecule has 1 saturated heterocycles. The van der Waals surface area contributed by atoms with E-state index in [-0.39, 0.29) is 28.5 Å². The van der Waals surface area contributed by atoms with Crippen molar-refractivity contribution in [1.29, 1.82) is 10.8 Å². The number of nitrogens with one attached hydrogen (secondary N) is 3. The van der Waals surface area contributed by atoms with Gasteiger partial charge >= 0.3 is 6.36 Å². The average molecular weight is 508 g/mol. The molecule has 2 aliphatic heterocycles. The normalized spacial score (nSPS) is 16.2. The number of fused-ring (bicyclic) bond motifs is 1. The third-order valence-electron chi connectivity index (χ3n) is 6.29. The van der Waals surface area contributed by atoms with Gasteiger partial charge in [-0.2, -0.15) is 4.68 Å². The number of hydrogen-bond donors (Lipinski definition) is 3. The van der Waals surface area contributed by atoms with Gasteiger partial charge in [-0.1, -0.05) is 12.1 Å². The fraction of sp³-hybridized carbons (Fsp3) is 0.478. The molecule has 0 unspecified atom stereocenters. The molecule has 194 valence electrons. The standard InChI is InChI=1S/C23H28F3N7O3/c1-14(34)32-8-6-15(7-9-32)13-29-22-18-19(35-11-10-31(18)2)21(28)33(30-22)20(27)16-4-3-5-17(12-16)36-23(24,25)26/h3-5,12,15,27-28H,6-11,13H2,1-2H3,(H,29,30). The number of benzene rings is 1. The molecule has 2 aromatic rings. The SMILES string of the molecule is CC(=O)N1CCC(CNc2nn(C(=N)c3cccc(OC(F)(F)F)c3)c(=N)c3c2N(C)CCO3)CC1. The Labute approximate surface area is 205 Å². The number of carbonyl (C=O) groups is 1. The number of carbonyl (C=O) groups excluding carboxylic acids is 1. The number of hydrogen-bond acceptors (Lipinski definition) is 8. The van der Waals surface area contributed by atoms with Crippen LogP contribution in [0.5, 0.6) is 11.5 Å². The van der Waals surface area contributed by atoms with Crippen LogP contribution in [0.4, 0.5) is 24.7 Å². The van der Waals surface area contributed by atoms with E-state index in [1.165, 1.54) is 12.1 Å². The number of likely N-dealkylation sites (N-methyl/N-ethyl adjacent to an activating group) is 1. The van der Waals surface area contributed by atoms with Gasteiger partial charge in [0.15, 0.2) is 22.9 Å². The summed E-state index contributed by atoms with van der Waals surface area (Å²) < 4.78 is 48.8. The predicted octanol–water partition coefficient (Wildman–Crippen LogP) is 2.63. The van der Waals surface area contributed by atoms with Crippen molar-refractivity contribution in [3.63, 3.8) is 0 Å². The molecule has 1 fully saturated rings. The van der Waals surface area contributed by atoms with Crippen LogP contribution in [0.25, 0.3) is 0 Å². The van der Waals surface area contributed by atoms with Crippen LogP contribution in [0, 0.1) is 16.7 Å². The first-order valence-electron chi connectivity index (χ1n) is 11.5. The Morgan fingerprint density at radius 1 is 1.28 bits per heavy atom. The minimum atomic E-state index is -4.87. The number of halogens is 3. The fourth-order valence-corrected chi connectivity index (χ4v) is 4.34. The molecule has 3 heterocycles. The first kappa shape index (κ1) is 25.3. The van der Waals surface area contributed by atoms with Gasteiger partial charge in [0.05, 0.1) is 6.54 Å². The van der Waals surface area contributed by atoms with E-state index in [0.29, 0.717) is 50.2 Å². The van der Waals surface area contributed by atoms with Gasteiger partial charge in [-0.25, -0.2) is 0 Å². The summed E-state index contributed by atoms with van der Waals surface area (Å²) in [5.41, 5.74) is 0.490. The van der Waals surface area contributed by atoms with E-state index >= 15 is 0 Å². The van der Waals surface area contributed by atoms with Crippen molar-refractivity contribution in [1.82, 2.24) is 14.7 Å². The molecule has 0 aliphatic carbocycles. The zero-order valence-electron chi connectivity index (χ0n) is 20.0. The lowest BCUT2D eigenvalue weighted by Gasteiger charge is -2.33. The minimum Gasteiger partial charge on any atom is -0.486 e. The van der Waals surface area contributed by atoms with Crippen LogP contribution >= 0.6 is 0 Å². The quantitative estimate of drug-likeness (QED) is 0.423. The molecule has 0 atom stereocenters. The third-order valence-corrected chi connectivity index (χ3v) is 6.29. The first-order chi connectivity index (χ1) is 17.0. The lowest BCUT2D eigenvalue weighted by molar-refractivity contribution is -0.274. The summed E-state index contributed by atoms with van der Waals surface area (Å²) in [6.45, 7) is 4.42. The van der Waals surface area contributed by atoms with Crippen molar-refractivity contribution < 1.29 is 27.4 Å². The topological polar surface area (TPSA) is 120 Å². The monoisotopic (exact) mass is 507 g/mol. The van der Waals surface area contributed by atoms with Crippen molar-refractivity contribution in [2.75, 3.05) is 50.1 Å². The molecule has 10 nitrogen and oxygen atoms in total. The van der Waals surface area contributed by atoms with Crippen molar-refractivity contribution >= 4 is 23.2 Å². The highest BCUT2D eigenvalue weighted by Crippen LogP contribution is 2.34. The number of likely N-dealkylation sites (tertiary alicyclic amines) is 1. The Morgan fingerprint density at radius 2 is 2.00 bits per heavy atom. The van der Waals surface area contributed by atoms with E-state index in [0.717, 1.165) is 29.7 Å². The summed E-state index contributed by atoms with van der Waals surface area (Å²) in [7, 11) is 1.85. The Balaban J connectivity index is 1.62. The molecule has 0 saturated carbocycles. The highest BCUT2D eigenvalue weighted by Gasteiger charge is 2.31. The van der Waals surface area contributed by atoms with Crippen LogP contribution in [0.15, 0.2) is 24.3 Å². The van der Waals surface area contributed by atoms with Crippen LogP contribution in [-0.2, 0) is 4.79 Å².